The van der Waals surface area contributed by atoms with Crippen LogP contribution in [0.4, 0.5) is 0 Å². The van der Waals surface area contributed by atoms with Crippen molar-refractivity contribution in [2.24, 2.45) is 5.92 Å². The molecule has 4 nitrogen and oxygen atoms in total. The molecule has 4 heteroatoms. The van der Waals surface area contributed by atoms with Gasteiger partial charge in [0.1, 0.15) is 0 Å². The van der Waals surface area contributed by atoms with Gasteiger partial charge in [-0.2, -0.15) is 5.10 Å². The number of benzene rings is 1. The summed E-state index contributed by atoms with van der Waals surface area (Å²) in [5, 5.41) is 4.63. The van der Waals surface area contributed by atoms with E-state index in [0.29, 0.717) is 12.7 Å². The summed E-state index contributed by atoms with van der Waals surface area (Å²) >= 11 is 0. The van der Waals surface area contributed by atoms with Crippen molar-refractivity contribution in [2.45, 2.75) is 51.2 Å². The van der Waals surface area contributed by atoms with Crippen molar-refractivity contribution >= 4 is 0 Å². The Hall–Kier alpha value is -1.94. The van der Waals surface area contributed by atoms with Gasteiger partial charge in [0.15, 0.2) is 0 Å². The lowest BCUT2D eigenvalue weighted by Gasteiger charge is -2.29. The van der Waals surface area contributed by atoms with Crippen LogP contribution >= 0.6 is 0 Å². The number of likely N-dealkylation sites (tertiary alicyclic amines) is 1. The SMILES string of the molecule is O=c1ccc(-c2ccccc2)nn1CN1CCC[C@H]1C1CCCC1. The van der Waals surface area contributed by atoms with Crippen LogP contribution in [0.2, 0.25) is 0 Å². The van der Waals surface area contributed by atoms with Crippen LogP contribution in [-0.4, -0.2) is 27.3 Å². The number of rotatable bonds is 4. The summed E-state index contributed by atoms with van der Waals surface area (Å²) in [6.45, 7) is 1.71. The maximum atomic E-state index is 12.3. The minimum absolute atomic E-state index is 0.00764. The van der Waals surface area contributed by atoms with Crippen molar-refractivity contribution in [1.29, 1.82) is 0 Å². The van der Waals surface area contributed by atoms with Crippen molar-refractivity contribution in [3.8, 4) is 11.3 Å². The molecule has 0 spiro atoms. The molecule has 1 aromatic heterocycles. The number of hydrogen-bond acceptors (Lipinski definition) is 3. The average Bonchev–Trinajstić information content (AvgIpc) is 3.29. The molecule has 0 unspecified atom stereocenters. The molecule has 2 aromatic rings. The second-order valence-electron chi connectivity index (χ2n) is 7.13. The fourth-order valence-corrected chi connectivity index (χ4v) is 4.39. The number of nitrogens with zero attached hydrogens (tertiary/aromatic N) is 3. The first kappa shape index (κ1) is 15.6. The van der Waals surface area contributed by atoms with Gasteiger partial charge in [-0.25, -0.2) is 4.68 Å². The van der Waals surface area contributed by atoms with Gasteiger partial charge in [-0.05, 0) is 37.7 Å². The van der Waals surface area contributed by atoms with E-state index in [1.54, 1.807) is 10.7 Å². The number of hydrogen-bond donors (Lipinski definition) is 0. The summed E-state index contributed by atoms with van der Waals surface area (Å²) in [4.78, 5) is 14.8. The van der Waals surface area contributed by atoms with Crippen LogP contribution in [0.5, 0.6) is 0 Å². The summed E-state index contributed by atoms with van der Waals surface area (Å²) in [6.07, 6.45) is 7.97. The first-order valence-electron chi connectivity index (χ1n) is 9.19. The molecule has 1 saturated heterocycles. The smallest absolute Gasteiger partial charge is 0.268 e. The molecule has 0 bridgehead atoms. The number of aromatic nitrogens is 2. The van der Waals surface area contributed by atoms with Gasteiger partial charge in [-0.3, -0.25) is 9.69 Å². The fraction of sp³-hybridized carbons (Fsp3) is 0.500. The molecule has 1 aliphatic carbocycles. The third kappa shape index (κ3) is 3.16. The van der Waals surface area contributed by atoms with Crippen LogP contribution in [-0.2, 0) is 6.67 Å². The molecule has 126 valence electrons. The van der Waals surface area contributed by atoms with E-state index in [4.69, 9.17) is 0 Å². The van der Waals surface area contributed by atoms with E-state index in [9.17, 15) is 4.79 Å². The highest BCUT2D eigenvalue weighted by atomic mass is 16.1. The van der Waals surface area contributed by atoms with Gasteiger partial charge in [-0.15, -0.1) is 0 Å². The van der Waals surface area contributed by atoms with Gasteiger partial charge in [0.05, 0.1) is 12.4 Å². The maximum Gasteiger partial charge on any atom is 0.268 e. The Labute approximate surface area is 143 Å². The molecule has 1 saturated carbocycles. The Morgan fingerprint density at radius 1 is 0.958 bits per heavy atom. The second kappa shape index (κ2) is 6.89. The summed E-state index contributed by atoms with van der Waals surface area (Å²) in [5.74, 6) is 0.820. The van der Waals surface area contributed by atoms with Gasteiger partial charge in [-0.1, -0.05) is 43.2 Å². The normalized spacial score (nSPS) is 22.2. The van der Waals surface area contributed by atoms with E-state index in [1.165, 1.54) is 38.5 Å². The van der Waals surface area contributed by atoms with Crippen molar-refractivity contribution in [1.82, 2.24) is 14.7 Å². The molecule has 0 amide bonds. The van der Waals surface area contributed by atoms with Gasteiger partial charge in [0.2, 0.25) is 0 Å². The molecule has 0 N–H and O–H groups in total. The van der Waals surface area contributed by atoms with Gasteiger partial charge in [0.25, 0.3) is 5.56 Å². The van der Waals surface area contributed by atoms with E-state index in [-0.39, 0.29) is 5.56 Å². The van der Waals surface area contributed by atoms with E-state index in [0.717, 1.165) is 23.7 Å². The Balaban J connectivity index is 1.56. The predicted molar refractivity (Wildman–Crippen MR) is 95.6 cm³/mol. The minimum atomic E-state index is -0.00764. The monoisotopic (exact) mass is 323 g/mol. The maximum absolute atomic E-state index is 12.3. The average molecular weight is 323 g/mol. The van der Waals surface area contributed by atoms with Crippen LogP contribution in [0, 0.1) is 5.92 Å². The zero-order chi connectivity index (χ0) is 16.4. The predicted octanol–water partition coefficient (Wildman–Crippen LogP) is 3.52. The van der Waals surface area contributed by atoms with Crippen molar-refractivity contribution in [2.75, 3.05) is 6.54 Å². The van der Waals surface area contributed by atoms with Crippen molar-refractivity contribution in [3.63, 3.8) is 0 Å². The lowest BCUT2D eigenvalue weighted by Crippen LogP contribution is -2.39. The van der Waals surface area contributed by atoms with E-state index in [2.05, 4.69) is 10.00 Å². The Morgan fingerprint density at radius 2 is 1.75 bits per heavy atom. The third-order valence-corrected chi connectivity index (χ3v) is 5.61. The van der Waals surface area contributed by atoms with Gasteiger partial charge >= 0.3 is 0 Å². The Kier molecular flexibility index (Phi) is 4.48. The molecule has 4 rings (SSSR count). The quantitative estimate of drug-likeness (QED) is 0.864. The van der Waals surface area contributed by atoms with Crippen molar-refractivity contribution in [3.05, 3.63) is 52.8 Å². The summed E-state index contributed by atoms with van der Waals surface area (Å²) in [5.41, 5.74) is 1.92. The van der Waals surface area contributed by atoms with E-state index >= 15 is 0 Å². The highest BCUT2D eigenvalue weighted by molar-refractivity contribution is 5.57. The van der Waals surface area contributed by atoms with Crippen LogP contribution in [0.3, 0.4) is 0 Å². The molecule has 2 heterocycles. The summed E-state index contributed by atoms with van der Waals surface area (Å²) < 4.78 is 1.65. The zero-order valence-corrected chi connectivity index (χ0v) is 14.1. The zero-order valence-electron chi connectivity index (χ0n) is 14.1. The Morgan fingerprint density at radius 3 is 2.54 bits per heavy atom. The molecule has 1 aliphatic heterocycles. The highest BCUT2D eigenvalue weighted by Gasteiger charge is 2.33. The van der Waals surface area contributed by atoms with Gasteiger partial charge in [0, 0.05) is 24.2 Å². The van der Waals surface area contributed by atoms with E-state index < -0.39 is 0 Å². The largest absolute Gasteiger partial charge is 0.281 e. The third-order valence-electron chi connectivity index (χ3n) is 5.61. The minimum Gasteiger partial charge on any atom is -0.281 e. The molecule has 0 radical (unpaired) electrons. The summed E-state index contributed by atoms with van der Waals surface area (Å²) in [6, 6.07) is 14.2. The first-order chi connectivity index (χ1) is 11.8. The molecule has 1 aromatic carbocycles. The van der Waals surface area contributed by atoms with Crippen LogP contribution < -0.4 is 5.56 Å². The lowest BCUT2D eigenvalue weighted by atomic mass is 9.96. The molecule has 2 aliphatic rings. The lowest BCUT2D eigenvalue weighted by molar-refractivity contribution is 0.141. The summed E-state index contributed by atoms with van der Waals surface area (Å²) in [7, 11) is 0. The molecular formula is C20H25N3O. The highest BCUT2D eigenvalue weighted by Crippen LogP contribution is 2.35. The molecule has 1 atom stereocenters. The van der Waals surface area contributed by atoms with E-state index in [1.807, 2.05) is 36.4 Å². The second-order valence-corrected chi connectivity index (χ2v) is 7.13. The van der Waals surface area contributed by atoms with Crippen LogP contribution in [0.1, 0.15) is 38.5 Å². The Bertz CT molecular complexity index is 734. The van der Waals surface area contributed by atoms with Crippen LogP contribution in [0.15, 0.2) is 47.3 Å². The topological polar surface area (TPSA) is 38.1 Å². The first-order valence-corrected chi connectivity index (χ1v) is 9.19. The molecule has 24 heavy (non-hydrogen) atoms. The fourth-order valence-electron chi connectivity index (χ4n) is 4.39. The van der Waals surface area contributed by atoms with Gasteiger partial charge < -0.3 is 0 Å². The van der Waals surface area contributed by atoms with Crippen LogP contribution in [0.25, 0.3) is 11.3 Å². The standard InChI is InChI=1S/C20H25N3O/c24-20-13-12-18(16-7-2-1-3-8-16)21-23(20)15-22-14-6-11-19(22)17-9-4-5-10-17/h1-3,7-8,12-13,17,19H,4-6,9-11,14-15H2/t19-/m0/s1. The molecule has 2 fully saturated rings. The van der Waals surface area contributed by atoms with Crippen molar-refractivity contribution < 1.29 is 0 Å². The molecular weight excluding hydrogens is 298 g/mol.